The van der Waals surface area contributed by atoms with E-state index in [2.05, 4.69) is 4.98 Å². The van der Waals surface area contributed by atoms with E-state index in [0.29, 0.717) is 0 Å². The Morgan fingerprint density at radius 1 is 1.23 bits per heavy atom. The van der Waals surface area contributed by atoms with E-state index >= 15 is 0 Å². The zero-order chi connectivity index (χ0) is 33.1. The predicted molar refractivity (Wildman–Crippen MR) is 135 cm³/mol. The van der Waals surface area contributed by atoms with Crippen molar-refractivity contribution >= 4 is 31.5 Å². The van der Waals surface area contributed by atoms with Crippen molar-refractivity contribution in [2.45, 2.75) is 73.6 Å². The molecule has 5 unspecified atom stereocenters. The lowest BCUT2D eigenvalue weighted by atomic mass is 9.88. The van der Waals surface area contributed by atoms with Crippen molar-refractivity contribution in [2.75, 3.05) is 18.9 Å². The number of nitrogen functional groups attached to an aromatic ring is 1. The molecule has 12 N–H and O–H groups in total. The van der Waals surface area contributed by atoms with Crippen molar-refractivity contribution in [3.8, 4) is 0 Å². The van der Waals surface area contributed by atoms with Gasteiger partial charge in [-0.15, -0.1) is 0 Å². The standard InChI is InChI=1S/C21H31N4O18P/c22-10-1-2-25(20(37)23-10)18-16(34)15(33)9(41-18)6-40-44(38,39)43-21(19(35)36)4-7(27)13(24-11(29)3-12(30)31)17(42-21)14(32)8(28)5-26/h1-2,7-9,13-18,26-28,32-34H,3-6H2,(H,24,29)(H,30,31)(H,35,36)(H,38,39)(H2,22,23,37)/t7-,8-,9?,13-,14-,15-,16-,17?,18?,21?/m1/s1. The third kappa shape index (κ3) is 7.93. The maximum absolute atomic E-state index is 12.9. The maximum Gasteiger partial charge on any atom is 0.475 e. The first kappa shape index (κ1) is 35.4. The van der Waals surface area contributed by atoms with Gasteiger partial charge in [0.15, 0.2) is 6.23 Å². The summed E-state index contributed by atoms with van der Waals surface area (Å²) in [4.78, 5) is 61.0. The van der Waals surface area contributed by atoms with E-state index in [1.54, 1.807) is 0 Å². The fraction of sp³-hybridized carbons (Fsp3) is 0.667. The van der Waals surface area contributed by atoms with Crippen molar-refractivity contribution in [3.05, 3.63) is 22.7 Å². The normalized spacial score (nSPS) is 33.2. The third-order valence-electron chi connectivity index (χ3n) is 6.58. The number of amides is 1. The summed E-state index contributed by atoms with van der Waals surface area (Å²) in [5.41, 5.74) is 4.43. The Balaban J connectivity index is 1.80. The summed E-state index contributed by atoms with van der Waals surface area (Å²) in [5, 5.41) is 81.6. The molecule has 3 heterocycles. The summed E-state index contributed by atoms with van der Waals surface area (Å²) in [7, 11) is -5.61. The minimum atomic E-state index is -5.61. The predicted octanol–water partition coefficient (Wildman–Crippen LogP) is -5.82. The molecule has 2 aliphatic rings. The SMILES string of the molecule is Nc1ccn(C2OC(COP(=O)(O)OC3(C(=O)O)C[C@@H](O)[C@@H](NC(=O)CC(=O)O)C([C@H](O)[C@H](O)CO)O3)[C@@H](O)[C@H]2O)c(=O)n1. The summed E-state index contributed by atoms with van der Waals surface area (Å²) < 4.78 is 33.6. The number of aliphatic hydroxyl groups excluding tert-OH is 6. The molecule has 2 fully saturated rings. The van der Waals surface area contributed by atoms with Crippen LogP contribution in [0.5, 0.6) is 0 Å². The van der Waals surface area contributed by atoms with Gasteiger partial charge in [0.25, 0.3) is 5.79 Å². The van der Waals surface area contributed by atoms with Crippen LogP contribution in [0.15, 0.2) is 17.1 Å². The van der Waals surface area contributed by atoms with Crippen molar-refractivity contribution in [1.29, 1.82) is 0 Å². The molecule has 44 heavy (non-hydrogen) atoms. The topological polar surface area (TPSA) is 360 Å². The van der Waals surface area contributed by atoms with Crippen LogP contribution >= 0.6 is 7.82 Å². The highest BCUT2D eigenvalue weighted by Gasteiger charge is 2.59. The number of carboxylic acid groups (broad SMARTS) is 2. The molecule has 22 nitrogen and oxygen atoms in total. The zero-order valence-corrected chi connectivity index (χ0v) is 23.2. The molecule has 2 aliphatic heterocycles. The summed E-state index contributed by atoms with van der Waals surface area (Å²) in [6.07, 6.45) is -16.8. The lowest BCUT2D eigenvalue weighted by Gasteiger charge is -2.46. The lowest BCUT2D eigenvalue weighted by molar-refractivity contribution is -0.289. The minimum Gasteiger partial charge on any atom is -0.481 e. The number of nitrogens with zero attached hydrogens (tertiary/aromatic N) is 2. The number of nitrogens with two attached hydrogens (primary N) is 1. The summed E-state index contributed by atoms with van der Waals surface area (Å²) in [5.74, 6) is -8.51. The molecule has 11 atom stereocenters. The van der Waals surface area contributed by atoms with Gasteiger partial charge >= 0.3 is 25.5 Å². The average Bonchev–Trinajstić information content (AvgIpc) is 3.20. The largest absolute Gasteiger partial charge is 0.481 e. The van der Waals surface area contributed by atoms with E-state index in [1.807, 2.05) is 5.32 Å². The van der Waals surface area contributed by atoms with Gasteiger partial charge in [-0.25, -0.2) is 18.7 Å². The molecule has 2 saturated heterocycles. The number of ether oxygens (including phenoxy) is 2. The quantitative estimate of drug-likeness (QED) is 0.0694. The van der Waals surface area contributed by atoms with E-state index in [0.717, 1.165) is 10.8 Å². The van der Waals surface area contributed by atoms with E-state index in [9.17, 15) is 64.4 Å². The number of aromatic nitrogens is 2. The molecule has 0 aliphatic carbocycles. The highest BCUT2D eigenvalue weighted by Crippen LogP contribution is 2.51. The van der Waals surface area contributed by atoms with E-state index in [1.165, 1.54) is 6.07 Å². The van der Waals surface area contributed by atoms with Gasteiger partial charge in [0.1, 0.15) is 48.9 Å². The molecule has 1 aromatic rings. The molecule has 23 heteroatoms. The van der Waals surface area contributed by atoms with Crippen LogP contribution in [0.1, 0.15) is 19.1 Å². The Kier molecular flexibility index (Phi) is 11.2. The van der Waals surface area contributed by atoms with E-state index < -0.39 is 118 Å². The monoisotopic (exact) mass is 658 g/mol. The number of hydrogen-bond donors (Lipinski definition) is 11. The van der Waals surface area contributed by atoms with Crippen molar-refractivity contribution < 1.29 is 83.2 Å². The second kappa shape index (κ2) is 13.9. The highest BCUT2D eigenvalue weighted by atomic mass is 31.2. The van der Waals surface area contributed by atoms with Crippen LogP contribution in [0.2, 0.25) is 0 Å². The second-order valence-corrected chi connectivity index (χ2v) is 11.1. The number of phosphoric acid groups is 1. The Morgan fingerprint density at radius 2 is 1.89 bits per heavy atom. The average molecular weight is 658 g/mol. The van der Waals surface area contributed by atoms with Crippen LogP contribution in [0.3, 0.4) is 0 Å². The fourth-order valence-electron chi connectivity index (χ4n) is 4.46. The van der Waals surface area contributed by atoms with Gasteiger partial charge < -0.3 is 66.3 Å². The summed E-state index contributed by atoms with van der Waals surface area (Å²) >= 11 is 0. The van der Waals surface area contributed by atoms with E-state index in [4.69, 9.17) is 29.4 Å². The number of hydrogen-bond acceptors (Lipinski definition) is 17. The molecule has 1 amide bonds. The molecule has 0 aromatic carbocycles. The molecule has 0 saturated carbocycles. The lowest BCUT2D eigenvalue weighted by Crippen LogP contribution is -2.67. The molecule has 0 bridgehead atoms. The molecule has 248 valence electrons. The van der Waals surface area contributed by atoms with E-state index in [-0.39, 0.29) is 5.82 Å². The number of carboxylic acids is 2. The number of carbonyl (C=O) groups excluding carboxylic acids is 1. The van der Waals surface area contributed by atoms with Crippen molar-refractivity contribution in [1.82, 2.24) is 14.9 Å². The summed E-state index contributed by atoms with van der Waals surface area (Å²) in [6, 6.07) is -0.654. The van der Waals surface area contributed by atoms with Gasteiger partial charge in [-0.1, -0.05) is 0 Å². The number of carbonyl (C=O) groups is 3. The molecule has 1 aromatic heterocycles. The number of phosphoric ester groups is 1. The molecular weight excluding hydrogens is 627 g/mol. The first-order valence-electron chi connectivity index (χ1n) is 12.5. The van der Waals surface area contributed by atoms with Gasteiger partial charge in [0, 0.05) is 12.6 Å². The Morgan fingerprint density at radius 3 is 2.45 bits per heavy atom. The Bertz CT molecular complexity index is 1330. The highest BCUT2D eigenvalue weighted by molar-refractivity contribution is 7.47. The Hall–Kier alpha value is -3.12. The van der Waals surface area contributed by atoms with Gasteiger partial charge in [0.05, 0.1) is 25.4 Å². The van der Waals surface area contributed by atoms with Crippen LogP contribution in [0.25, 0.3) is 0 Å². The van der Waals surface area contributed by atoms with Crippen LogP contribution in [0.4, 0.5) is 5.82 Å². The number of anilines is 1. The molecule has 3 rings (SSSR count). The van der Waals surface area contributed by atoms with Crippen LogP contribution in [-0.4, -0.2) is 141 Å². The number of aliphatic hydroxyl groups is 6. The molecule has 0 spiro atoms. The fourth-order valence-corrected chi connectivity index (χ4v) is 5.41. The number of aliphatic carboxylic acids is 2. The van der Waals surface area contributed by atoms with Crippen molar-refractivity contribution in [3.63, 3.8) is 0 Å². The first-order valence-corrected chi connectivity index (χ1v) is 14.0. The maximum atomic E-state index is 12.9. The Labute approximate surface area is 245 Å². The number of nitrogens with one attached hydrogen (secondary N) is 1. The van der Waals surface area contributed by atoms with Crippen LogP contribution in [-0.2, 0) is 37.5 Å². The van der Waals surface area contributed by atoms with Crippen LogP contribution < -0.4 is 16.7 Å². The first-order chi connectivity index (χ1) is 20.4. The molecular formula is C21H31N4O18P. The molecule has 0 radical (unpaired) electrons. The second-order valence-electron chi connectivity index (χ2n) is 9.76. The number of rotatable bonds is 13. The minimum absolute atomic E-state index is 0.158. The van der Waals surface area contributed by atoms with Gasteiger partial charge in [0.2, 0.25) is 5.91 Å². The van der Waals surface area contributed by atoms with Crippen LogP contribution in [0, 0.1) is 0 Å². The smallest absolute Gasteiger partial charge is 0.475 e. The zero-order valence-electron chi connectivity index (χ0n) is 22.3. The van der Waals surface area contributed by atoms with Crippen molar-refractivity contribution in [2.24, 2.45) is 0 Å². The third-order valence-corrected chi connectivity index (χ3v) is 7.58. The van der Waals surface area contributed by atoms with Gasteiger partial charge in [-0.2, -0.15) is 4.98 Å². The summed E-state index contributed by atoms with van der Waals surface area (Å²) in [6.45, 7) is -2.22. The van der Waals surface area contributed by atoms with Gasteiger partial charge in [-0.05, 0) is 6.07 Å². The van der Waals surface area contributed by atoms with Gasteiger partial charge in [-0.3, -0.25) is 18.7 Å².